The molecule has 2 aromatic carbocycles. The molecule has 0 atom stereocenters. The van der Waals surface area contributed by atoms with Gasteiger partial charge in [0.15, 0.2) is 9.84 Å². The summed E-state index contributed by atoms with van der Waals surface area (Å²) in [4.78, 5) is 1.62. The van der Waals surface area contributed by atoms with Crippen molar-refractivity contribution < 1.29 is 13.5 Å². The first kappa shape index (κ1) is 34.6. The van der Waals surface area contributed by atoms with Crippen molar-refractivity contribution in [1.29, 1.82) is 0 Å². The fourth-order valence-electron chi connectivity index (χ4n) is 4.87. The third kappa shape index (κ3) is 16.0. The van der Waals surface area contributed by atoms with Gasteiger partial charge in [0, 0.05) is 11.5 Å². The summed E-state index contributed by atoms with van der Waals surface area (Å²) in [5.74, 6) is 1.16. The van der Waals surface area contributed by atoms with Crippen molar-refractivity contribution in [2.75, 3.05) is 18.1 Å². The molecule has 0 spiro atoms. The maximum absolute atomic E-state index is 12.2. The number of sulfone groups is 1. The zero-order chi connectivity index (χ0) is 28.7. The van der Waals surface area contributed by atoms with Gasteiger partial charge < -0.3 is 5.11 Å². The third-order valence-corrected chi connectivity index (χ3v) is 10.3. The predicted octanol–water partition coefficient (Wildman–Crippen LogP) is 10.4. The number of benzene rings is 2. The first-order chi connectivity index (χ1) is 19.5. The smallest absolute Gasteiger partial charge is 0.178 e. The number of aliphatic hydroxyl groups excluding tert-OH is 1. The van der Waals surface area contributed by atoms with Crippen LogP contribution >= 0.6 is 11.8 Å². The van der Waals surface area contributed by atoms with Crippen molar-refractivity contribution in [2.45, 2.75) is 126 Å². The summed E-state index contributed by atoms with van der Waals surface area (Å²) in [5, 5.41) is 8.88. The first-order valence-electron chi connectivity index (χ1n) is 15.9. The molecule has 0 saturated heterocycles. The summed E-state index contributed by atoms with van der Waals surface area (Å²) in [5.41, 5.74) is 2.09. The Bertz CT molecular complexity index is 1010. The molecule has 3 nitrogen and oxygen atoms in total. The largest absolute Gasteiger partial charge is 0.396 e. The van der Waals surface area contributed by atoms with Crippen LogP contribution < -0.4 is 0 Å². The van der Waals surface area contributed by atoms with Crippen LogP contribution in [0.15, 0.2) is 58.3 Å². The van der Waals surface area contributed by atoms with Crippen LogP contribution in [-0.4, -0.2) is 31.6 Å². The quantitative estimate of drug-likeness (QED) is 0.0755. The molecule has 0 heterocycles. The van der Waals surface area contributed by atoms with E-state index in [0.29, 0.717) is 4.90 Å². The monoisotopic (exact) mass is 586 g/mol. The van der Waals surface area contributed by atoms with Gasteiger partial charge in [-0.15, -0.1) is 11.8 Å². The minimum Gasteiger partial charge on any atom is -0.396 e. The number of aliphatic hydroxyl groups is 1. The van der Waals surface area contributed by atoms with E-state index in [2.05, 4.69) is 37.3 Å². The van der Waals surface area contributed by atoms with E-state index >= 15 is 0 Å². The average Bonchev–Trinajstić information content (AvgIpc) is 2.97. The number of rotatable bonds is 24. The van der Waals surface area contributed by atoms with Gasteiger partial charge in [0.05, 0.1) is 10.6 Å². The molecule has 5 heteroatoms. The molecule has 0 fully saturated rings. The zero-order valence-electron chi connectivity index (χ0n) is 25.0. The van der Waals surface area contributed by atoms with Gasteiger partial charge in [-0.05, 0) is 54.0 Å². The molecule has 0 aliphatic carbocycles. The standard InChI is InChI=1S/C35H54O3S2/c1-2-3-4-5-6-7-8-9-10-11-12-13-14-15-16-17-30-39-34-25-21-32(22-26-34)19-20-33-23-27-35(28-24-33)40(37,38)31-18-29-36/h19-28,36H,2-18,29-31H2,1H3. The van der Waals surface area contributed by atoms with E-state index in [-0.39, 0.29) is 18.8 Å². The summed E-state index contributed by atoms with van der Waals surface area (Å²) < 4.78 is 24.4. The second-order valence-electron chi connectivity index (χ2n) is 11.0. The molecule has 2 aromatic rings. The normalized spacial score (nSPS) is 11.9. The van der Waals surface area contributed by atoms with Crippen LogP contribution in [0.1, 0.15) is 127 Å². The molecular weight excluding hydrogens is 533 g/mol. The predicted molar refractivity (Wildman–Crippen MR) is 176 cm³/mol. The molecular formula is C35H54O3S2. The van der Waals surface area contributed by atoms with Gasteiger partial charge in [-0.3, -0.25) is 0 Å². The molecule has 0 saturated carbocycles. The summed E-state index contributed by atoms with van der Waals surface area (Å²) >= 11 is 1.94. The number of hydrogen-bond donors (Lipinski definition) is 1. The van der Waals surface area contributed by atoms with Gasteiger partial charge in [-0.1, -0.05) is 140 Å². The van der Waals surface area contributed by atoms with E-state index in [1.807, 2.05) is 30.0 Å². The topological polar surface area (TPSA) is 54.4 Å². The molecule has 1 N–H and O–H groups in total. The minimum absolute atomic E-state index is 0.0253. The summed E-state index contributed by atoms with van der Waals surface area (Å²) in [6.45, 7) is 2.17. The van der Waals surface area contributed by atoms with Crippen LogP contribution in [0.2, 0.25) is 0 Å². The Morgan fingerprint density at radius 3 is 1.48 bits per heavy atom. The molecule has 0 unspecified atom stereocenters. The zero-order valence-corrected chi connectivity index (χ0v) is 26.6. The maximum atomic E-state index is 12.2. The molecule has 0 amide bonds. The van der Waals surface area contributed by atoms with E-state index < -0.39 is 9.84 Å². The lowest BCUT2D eigenvalue weighted by Crippen LogP contribution is -2.08. The van der Waals surface area contributed by atoms with Crippen LogP contribution in [0.4, 0.5) is 0 Å². The molecule has 0 aromatic heterocycles. The molecule has 0 aliphatic rings. The van der Waals surface area contributed by atoms with Gasteiger partial charge >= 0.3 is 0 Å². The lowest BCUT2D eigenvalue weighted by molar-refractivity contribution is 0.295. The maximum Gasteiger partial charge on any atom is 0.178 e. The van der Waals surface area contributed by atoms with E-state index in [9.17, 15) is 8.42 Å². The molecule has 0 radical (unpaired) electrons. The van der Waals surface area contributed by atoms with Crippen LogP contribution in [0.3, 0.4) is 0 Å². The summed E-state index contributed by atoms with van der Waals surface area (Å²) in [6.07, 6.45) is 26.8. The van der Waals surface area contributed by atoms with Crippen LogP contribution in [0, 0.1) is 0 Å². The van der Waals surface area contributed by atoms with Crippen LogP contribution in [-0.2, 0) is 9.84 Å². The van der Waals surface area contributed by atoms with Gasteiger partial charge in [0.25, 0.3) is 0 Å². The number of thioether (sulfide) groups is 1. The highest BCUT2D eigenvalue weighted by molar-refractivity contribution is 7.99. The summed E-state index contributed by atoms with van der Waals surface area (Å²) in [6, 6.07) is 15.6. The van der Waals surface area contributed by atoms with Crippen molar-refractivity contribution in [3.63, 3.8) is 0 Å². The van der Waals surface area contributed by atoms with Gasteiger partial charge in [0.1, 0.15) is 0 Å². The fourth-order valence-corrected chi connectivity index (χ4v) is 7.07. The number of unbranched alkanes of at least 4 members (excludes halogenated alkanes) is 15. The van der Waals surface area contributed by atoms with Gasteiger partial charge in [-0.25, -0.2) is 8.42 Å². The second-order valence-corrected chi connectivity index (χ2v) is 14.3. The molecule has 224 valence electrons. The van der Waals surface area contributed by atoms with Crippen molar-refractivity contribution in [3.05, 3.63) is 59.7 Å². The summed E-state index contributed by atoms with van der Waals surface area (Å²) in [7, 11) is -3.32. The Labute approximate surface area is 250 Å². The molecule has 0 aliphatic heterocycles. The fraction of sp³-hybridized carbons (Fsp3) is 0.600. The molecule has 40 heavy (non-hydrogen) atoms. The van der Waals surface area contributed by atoms with E-state index in [1.54, 1.807) is 12.1 Å². The molecule has 0 bridgehead atoms. The van der Waals surface area contributed by atoms with E-state index in [0.717, 1.165) is 11.1 Å². The average molecular weight is 587 g/mol. The van der Waals surface area contributed by atoms with Crippen molar-refractivity contribution in [3.8, 4) is 0 Å². The SMILES string of the molecule is CCCCCCCCCCCCCCCCCCSc1ccc(C=Cc2ccc(S(=O)(=O)CCCO)cc2)cc1. The Hall–Kier alpha value is -1.56. The van der Waals surface area contributed by atoms with Gasteiger partial charge in [0.2, 0.25) is 0 Å². The van der Waals surface area contributed by atoms with Crippen molar-refractivity contribution >= 4 is 33.8 Å². The van der Waals surface area contributed by atoms with E-state index in [1.165, 1.54) is 113 Å². The highest BCUT2D eigenvalue weighted by Gasteiger charge is 2.13. The lowest BCUT2D eigenvalue weighted by atomic mass is 10.0. The van der Waals surface area contributed by atoms with Crippen LogP contribution in [0.25, 0.3) is 12.2 Å². The van der Waals surface area contributed by atoms with Crippen molar-refractivity contribution in [2.24, 2.45) is 0 Å². The first-order valence-corrected chi connectivity index (χ1v) is 18.5. The van der Waals surface area contributed by atoms with E-state index in [4.69, 9.17) is 5.11 Å². The Morgan fingerprint density at radius 2 is 1.02 bits per heavy atom. The Balaban J connectivity index is 1.49. The lowest BCUT2D eigenvalue weighted by Gasteiger charge is -2.05. The number of hydrogen-bond acceptors (Lipinski definition) is 4. The van der Waals surface area contributed by atoms with Crippen molar-refractivity contribution in [1.82, 2.24) is 0 Å². The highest BCUT2D eigenvalue weighted by Crippen LogP contribution is 2.22. The third-order valence-electron chi connectivity index (χ3n) is 7.43. The Kier molecular flexibility index (Phi) is 19.1. The highest BCUT2D eigenvalue weighted by atomic mass is 32.2. The Morgan fingerprint density at radius 1 is 0.600 bits per heavy atom. The minimum atomic E-state index is -3.32. The van der Waals surface area contributed by atoms with Crippen LogP contribution in [0.5, 0.6) is 0 Å². The molecule has 2 rings (SSSR count). The second kappa shape index (κ2) is 22.1. The van der Waals surface area contributed by atoms with Gasteiger partial charge in [-0.2, -0.15) is 0 Å².